The van der Waals surface area contributed by atoms with E-state index in [-0.39, 0.29) is 11.7 Å². The van der Waals surface area contributed by atoms with Crippen LogP contribution in [0.25, 0.3) is 0 Å². The average molecular weight is 252 g/mol. The van der Waals surface area contributed by atoms with Crippen LogP contribution in [0.15, 0.2) is 22.6 Å². The van der Waals surface area contributed by atoms with Crippen LogP contribution in [0.3, 0.4) is 0 Å². The van der Waals surface area contributed by atoms with Gasteiger partial charge in [0.05, 0.1) is 19.3 Å². The van der Waals surface area contributed by atoms with Crippen LogP contribution >= 0.6 is 0 Å². The van der Waals surface area contributed by atoms with Crippen molar-refractivity contribution in [2.45, 2.75) is 6.54 Å². The summed E-state index contributed by atoms with van der Waals surface area (Å²) in [7, 11) is 3.27. The van der Waals surface area contributed by atoms with Crippen LogP contribution in [0.1, 0.15) is 5.89 Å². The highest BCUT2D eigenvalue weighted by molar-refractivity contribution is 5.55. The molecule has 0 aliphatic carbocycles. The Morgan fingerprint density at radius 2 is 2.22 bits per heavy atom. The second kappa shape index (κ2) is 5.46. The molecule has 18 heavy (non-hydrogen) atoms. The first kappa shape index (κ1) is 12.3. The molecule has 0 radical (unpaired) electrons. The Hall–Kier alpha value is -2.15. The molecular weight excluding hydrogens is 239 g/mol. The van der Waals surface area contributed by atoms with Crippen molar-refractivity contribution in [2.24, 2.45) is 0 Å². The normalized spacial score (nSPS) is 10.4. The Labute approximate surface area is 103 Å². The summed E-state index contributed by atoms with van der Waals surface area (Å²) in [6.07, 6.45) is 0. The van der Waals surface area contributed by atoms with Crippen LogP contribution in [0, 0.1) is 5.82 Å². The van der Waals surface area contributed by atoms with Crippen molar-refractivity contribution in [3.8, 4) is 5.75 Å². The molecule has 0 atom stereocenters. The van der Waals surface area contributed by atoms with E-state index in [1.165, 1.54) is 25.3 Å². The molecule has 1 heterocycles. The summed E-state index contributed by atoms with van der Waals surface area (Å²) < 4.78 is 23.8. The highest BCUT2D eigenvalue weighted by Crippen LogP contribution is 2.24. The summed E-state index contributed by atoms with van der Waals surface area (Å²) in [5.41, 5.74) is 0.217. The Kier molecular flexibility index (Phi) is 3.73. The van der Waals surface area contributed by atoms with Gasteiger partial charge in [0.25, 0.3) is 0 Å². The van der Waals surface area contributed by atoms with Crippen molar-refractivity contribution < 1.29 is 13.5 Å². The van der Waals surface area contributed by atoms with Crippen LogP contribution in [0.4, 0.5) is 16.1 Å². The minimum Gasteiger partial charge on any atom is -0.497 e. The topological polar surface area (TPSA) is 72.2 Å². The van der Waals surface area contributed by atoms with Gasteiger partial charge in [0, 0.05) is 6.07 Å². The van der Waals surface area contributed by atoms with E-state index in [0.29, 0.717) is 18.2 Å². The fourth-order valence-electron chi connectivity index (χ4n) is 1.37. The van der Waals surface area contributed by atoms with Crippen LogP contribution in [0.5, 0.6) is 5.75 Å². The molecule has 1 aromatic heterocycles. The number of anilines is 2. The quantitative estimate of drug-likeness (QED) is 0.843. The molecule has 2 aromatic rings. The van der Waals surface area contributed by atoms with E-state index in [4.69, 9.17) is 9.15 Å². The zero-order valence-electron chi connectivity index (χ0n) is 10.0. The van der Waals surface area contributed by atoms with Gasteiger partial charge < -0.3 is 19.8 Å². The number of hydrogen-bond acceptors (Lipinski definition) is 6. The van der Waals surface area contributed by atoms with Crippen LogP contribution in [-0.2, 0) is 6.54 Å². The summed E-state index contributed by atoms with van der Waals surface area (Å²) >= 11 is 0. The zero-order valence-corrected chi connectivity index (χ0v) is 10.0. The minimum atomic E-state index is -0.427. The van der Waals surface area contributed by atoms with E-state index in [1.54, 1.807) is 7.05 Å². The van der Waals surface area contributed by atoms with Gasteiger partial charge in [-0.3, -0.25) is 0 Å². The molecule has 0 amide bonds. The predicted octanol–water partition coefficient (Wildman–Crippen LogP) is 1.68. The smallest absolute Gasteiger partial charge is 0.320 e. The van der Waals surface area contributed by atoms with E-state index in [9.17, 15) is 4.39 Å². The molecule has 7 heteroatoms. The molecule has 96 valence electrons. The lowest BCUT2D eigenvalue weighted by Gasteiger charge is -2.05. The van der Waals surface area contributed by atoms with Crippen LogP contribution in [0.2, 0.25) is 0 Å². The first-order valence-electron chi connectivity index (χ1n) is 5.30. The predicted molar refractivity (Wildman–Crippen MR) is 63.3 cm³/mol. The third-order valence-corrected chi connectivity index (χ3v) is 2.21. The fourth-order valence-corrected chi connectivity index (χ4v) is 1.37. The van der Waals surface area contributed by atoms with Gasteiger partial charge >= 0.3 is 6.01 Å². The number of benzene rings is 1. The first-order chi connectivity index (χ1) is 8.72. The lowest BCUT2D eigenvalue weighted by Crippen LogP contribution is -2.04. The van der Waals surface area contributed by atoms with E-state index < -0.39 is 5.82 Å². The number of ether oxygens (including phenoxy) is 1. The van der Waals surface area contributed by atoms with Gasteiger partial charge in [-0.15, -0.1) is 5.10 Å². The number of nitrogens with zero attached hydrogens (tertiary/aromatic N) is 2. The molecule has 0 saturated heterocycles. The van der Waals surface area contributed by atoms with Crippen LogP contribution in [-0.4, -0.2) is 24.4 Å². The van der Waals surface area contributed by atoms with E-state index in [1.807, 2.05) is 0 Å². The van der Waals surface area contributed by atoms with Crippen LogP contribution < -0.4 is 15.4 Å². The van der Waals surface area contributed by atoms with E-state index in [0.717, 1.165) is 0 Å². The standard InChI is InChI=1S/C11H13FN4O2/c1-13-6-10-15-16-11(18-10)14-9-5-7(17-2)3-4-8(9)12/h3-5,13H,6H2,1-2H3,(H,14,16). The van der Waals surface area contributed by atoms with Gasteiger partial charge in [-0.1, -0.05) is 5.10 Å². The third-order valence-electron chi connectivity index (χ3n) is 2.21. The molecule has 0 aliphatic heterocycles. The molecule has 0 saturated carbocycles. The maximum absolute atomic E-state index is 13.5. The van der Waals surface area contributed by atoms with Gasteiger partial charge in [-0.2, -0.15) is 0 Å². The van der Waals surface area contributed by atoms with Gasteiger partial charge in [0.1, 0.15) is 11.6 Å². The maximum Gasteiger partial charge on any atom is 0.320 e. The molecule has 6 nitrogen and oxygen atoms in total. The fraction of sp³-hybridized carbons (Fsp3) is 0.273. The average Bonchev–Trinajstić information content (AvgIpc) is 2.80. The molecule has 1 aromatic carbocycles. The summed E-state index contributed by atoms with van der Waals surface area (Å²) in [5.74, 6) is 0.529. The molecule has 0 spiro atoms. The van der Waals surface area contributed by atoms with Crippen molar-refractivity contribution in [1.82, 2.24) is 15.5 Å². The zero-order chi connectivity index (χ0) is 13.0. The number of hydrogen-bond donors (Lipinski definition) is 2. The molecule has 0 aliphatic rings. The van der Waals surface area contributed by atoms with E-state index >= 15 is 0 Å². The lowest BCUT2D eigenvalue weighted by atomic mass is 10.3. The Morgan fingerprint density at radius 3 is 2.94 bits per heavy atom. The number of rotatable bonds is 5. The lowest BCUT2D eigenvalue weighted by molar-refractivity contribution is 0.414. The van der Waals surface area contributed by atoms with Crippen molar-refractivity contribution in [3.63, 3.8) is 0 Å². The Bertz CT molecular complexity index is 530. The number of methoxy groups -OCH3 is 1. The Morgan fingerprint density at radius 1 is 1.39 bits per heavy atom. The monoisotopic (exact) mass is 252 g/mol. The highest BCUT2D eigenvalue weighted by atomic mass is 19.1. The largest absolute Gasteiger partial charge is 0.497 e. The van der Waals surface area contributed by atoms with Crippen molar-refractivity contribution in [3.05, 3.63) is 29.9 Å². The maximum atomic E-state index is 13.5. The summed E-state index contributed by atoms with van der Waals surface area (Å²) in [6, 6.07) is 4.47. The molecule has 0 bridgehead atoms. The Balaban J connectivity index is 2.16. The molecule has 2 rings (SSSR count). The second-order valence-corrected chi connectivity index (χ2v) is 3.50. The number of aromatic nitrogens is 2. The van der Waals surface area contributed by atoms with E-state index in [2.05, 4.69) is 20.8 Å². The number of nitrogens with one attached hydrogen (secondary N) is 2. The van der Waals surface area contributed by atoms with Gasteiger partial charge in [0.2, 0.25) is 5.89 Å². The highest BCUT2D eigenvalue weighted by Gasteiger charge is 2.09. The van der Waals surface area contributed by atoms with Gasteiger partial charge in [-0.25, -0.2) is 4.39 Å². The summed E-state index contributed by atoms with van der Waals surface area (Å²) in [5, 5.41) is 13.1. The van der Waals surface area contributed by atoms with Crippen molar-refractivity contribution in [1.29, 1.82) is 0 Å². The van der Waals surface area contributed by atoms with Crippen molar-refractivity contribution >= 4 is 11.7 Å². The minimum absolute atomic E-state index is 0.132. The van der Waals surface area contributed by atoms with Gasteiger partial charge in [-0.05, 0) is 19.2 Å². The molecule has 2 N–H and O–H groups in total. The first-order valence-corrected chi connectivity index (χ1v) is 5.30. The van der Waals surface area contributed by atoms with Gasteiger partial charge in [0.15, 0.2) is 0 Å². The summed E-state index contributed by atoms with van der Waals surface area (Å²) in [4.78, 5) is 0. The van der Waals surface area contributed by atoms with Crippen molar-refractivity contribution in [2.75, 3.05) is 19.5 Å². The SMILES string of the molecule is CNCc1nnc(Nc2cc(OC)ccc2F)o1. The third kappa shape index (κ3) is 2.75. The molecule has 0 fully saturated rings. The molecule has 0 unspecified atom stereocenters. The molecular formula is C11H13FN4O2. The second-order valence-electron chi connectivity index (χ2n) is 3.50. The summed E-state index contributed by atoms with van der Waals surface area (Å²) in [6.45, 7) is 0.454. The number of halogens is 1.